The Morgan fingerprint density at radius 3 is 2.79 bits per heavy atom. The van der Waals surface area contributed by atoms with Gasteiger partial charge in [0.2, 0.25) is 0 Å². The molecular weight excluding hydrogens is 253 g/mol. The Labute approximate surface area is 109 Å². The average Bonchev–Trinajstić information content (AvgIpc) is 2.62. The third-order valence-corrected chi connectivity index (χ3v) is 2.79. The first kappa shape index (κ1) is 13.2. The summed E-state index contributed by atoms with van der Waals surface area (Å²) < 4.78 is 18.4. The number of hydrogen-bond acceptors (Lipinski definition) is 4. The van der Waals surface area contributed by atoms with E-state index in [1.54, 1.807) is 6.92 Å². The van der Waals surface area contributed by atoms with Crippen molar-refractivity contribution < 1.29 is 23.5 Å². The van der Waals surface area contributed by atoms with Gasteiger partial charge in [0.15, 0.2) is 0 Å². The van der Waals surface area contributed by atoms with Gasteiger partial charge in [0.05, 0.1) is 24.3 Å². The zero-order valence-electron chi connectivity index (χ0n) is 10.3. The normalized spacial score (nSPS) is 13.7. The number of fused-ring (bicyclic) bond motifs is 1. The number of carbonyl (C=O) groups excluding carboxylic acids is 3. The van der Waals surface area contributed by atoms with Crippen molar-refractivity contribution >= 4 is 23.3 Å². The summed E-state index contributed by atoms with van der Waals surface area (Å²) in [4.78, 5) is 35.6. The Morgan fingerprint density at radius 1 is 1.37 bits per heavy atom. The first-order valence-electron chi connectivity index (χ1n) is 5.86. The summed E-state index contributed by atoms with van der Waals surface area (Å²) in [5.74, 6) is -2.71. The number of benzene rings is 1. The van der Waals surface area contributed by atoms with Gasteiger partial charge in [-0.1, -0.05) is 6.07 Å². The minimum atomic E-state index is -0.815. The fourth-order valence-electron chi connectivity index (χ4n) is 1.96. The Bertz CT molecular complexity index is 556. The molecule has 0 bridgehead atoms. The van der Waals surface area contributed by atoms with Gasteiger partial charge in [0.1, 0.15) is 5.82 Å². The fraction of sp³-hybridized carbons (Fsp3) is 0.308. The van der Waals surface area contributed by atoms with E-state index in [0.717, 1.165) is 4.90 Å². The lowest BCUT2D eigenvalue weighted by atomic mass is 10.1. The van der Waals surface area contributed by atoms with E-state index in [0.29, 0.717) is 0 Å². The van der Waals surface area contributed by atoms with Gasteiger partial charge in [0, 0.05) is 6.54 Å². The quantitative estimate of drug-likeness (QED) is 0.608. The minimum absolute atomic E-state index is 0.0360. The summed E-state index contributed by atoms with van der Waals surface area (Å²) in [6.45, 7) is 1.82. The maximum atomic E-state index is 13.7. The van der Waals surface area contributed by atoms with Crippen LogP contribution in [0.1, 0.15) is 23.7 Å². The van der Waals surface area contributed by atoms with Crippen LogP contribution in [-0.4, -0.2) is 30.8 Å². The molecule has 0 saturated carbocycles. The maximum Gasteiger partial charge on any atom is 0.307 e. The van der Waals surface area contributed by atoms with Gasteiger partial charge in [-0.2, -0.15) is 0 Å². The molecule has 1 aromatic carbocycles. The highest BCUT2D eigenvalue weighted by molar-refractivity contribution is 6.52. The van der Waals surface area contributed by atoms with Gasteiger partial charge in [0.25, 0.3) is 11.7 Å². The molecule has 1 aliphatic heterocycles. The van der Waals surface area contributed by atoms with Crippen LogP contribution < -0.4 is 4.90 Å². The first-order valence-corrected chi connectivity index (χ1v) is 5.86. The van der Waals surface area contributed by atoms with E-state index in [1.165, 1.54) is 18.2 Å². The second kappa shape index (κ2) is 5.17. The molecule has 1 heterocycles. The van der Waals surface area contributed by atoms with E-state index in [1.807, 2.05) is 0 Å². The standard InChI is InChI=1S/C13H12FNO4/c1-2-19-10(16)6-7-15-11-8(12(17)13(15)18)4-3-5-9(11)14/h3-5H,2,6-7H2,1H3. The predicted molar refractivity (Wildman–Crippen MR) is 64.3 cm³/mol. The zero-order chi connectivity index (χ0) is 14.0. The van der Waals surface area contributed by atoms with Crippen LogP contribution in [-0.2, 0) is 14.3 Å². The average molecular weight is 265 g/mol. The molecule has 1 aromatic rings. The van der Waals surface area contributed by atoms with Crippen molar-refractivity contribution in [3.8, 4) is 0 Å². The molecule has 0 unspecified atom stereocenters. The molecule has 2 rings (SSSR count). The number of amides is 1. The fourth-order valence-corrected chi connectivity index (χ4v) is 1.96. The molecule has 0 radical (unpaired) electrons. The van der Waals surface area contributed by atoms with Crippen LogP contribution in [0.25, 0.3) is 0 Å². The van der Waals surface area contributed by atoms with Crippen molar-refractivity contribution in [2.24, 2.45) is 0 Å². The molecule has 100 valence electrons. The number of esters is 1. The number of Topliss-reactive ketones (excluding diaryl/α,β-unsaturated/α-hetero) is 1. The van der Waals surface area contributed by atoms with Crippen LogP contribution in [0.4, 0.5) is 10.1 Å². The Hall–Kier alpha value is -2.24. The minimum Gasteiger partial charge on any atom is -0.466 e. The van der Waals surface area contributed by atoms with E-state index < -0.39 is 23.5 Å². The third kappa shape index (κ3) is 2.33. The zero-order valence-corrected chi connectivity index (χ0v) is 10.3. The SMILES string of the molecule is CCOC(=O)CCN1C(=O)C(=O)c2cccc(F)c21. The molecule has 0 fully saturated rings. The molecule has 0 N–H and O–H groups in total. The summed E-state index contributed by atoms with van der Waals surface area (Å²) >= 11 is 0. The highest BCUT2D eigenvalue weighted by atomic mass is 19.1. The van der Waals surface area contributed by atoms with E-state index in [-0.39, 0.29) is 30.8 Å². The van der Waals surface area contributed by atoms with Crippen molar-refractivity contribution in [2.45, 2.75) is 13.3 Å². The second-order valence-corrected chi connectivity index (χ2v) is 3.98. The van der Waals surface area contributed by atoms with Crippen LogP contribution in [0.15, 0.2) is 18.2 Å². The van der Waals surface area contributed by atoms with Crippen molar-refractivity contribution in [3.63, 3.8) is 0 Å². The van der Waals surface area contributed by atoms with Gasteiger partial charge in [-0.3, -0.25) is 14.4 Å². The molecule has 0 spiro atoms. The molecule has 19 heavy (non-hydrogen) atoms. The molecule has 5 nitrogen and oxygen atoms in total. The van der Waals surface area contributed by atoms with Gasteiger partial charge < -0.3 is 9.64 Å². The molecule has 0 saturated heterocycles. The first-order chi connectivity index (χ1) is 9.06. The van der Waals surface area contributed by atoms with E-state index in [4.69, 9.17) is 4.74 Å². The highest BCUT2D eigenvalue weighted by Crippen LogP contribution is 2.31. The molecule has 1 aliphatic rings. The second-order valence-electron chi connectivity index (χ2n) is 3.98. The van der Waals surface area contributed by atoms with Crippen LogP contribution in [0, 0.1) is 5.82 Å². The Balaban J connectivity index is 2.21. The van der Waals surface area contributed by atoms with Gasteiger partial charge in [-0.05, 0) is 19.1 Å². The number of ketones is 1. The van der Waals surface area contributed by atoms with Crippen molar-refractivity contribution in [1.29, 1.82) is 0 Å². The molecule has 6 heteroatoms. The van der Waals surface area contributed by atoms with Crippen LogP contribution in [0.3, 0.4) is 0 Å². The van der Waals surface area contributed by atoms with E-state index in [9.17, 15) is 18.8 Å². The molecule has 0 aliphatic carbocycles. The summed E-state index contributed by atoms with van der Waals surface area (Å²) in [5.41, 5.74) is -0.0179. The number of rotatable bonds is 4. The van der Waals surface area contributed by atoms with Crippen molar-refractivity contribution in [3.05, 3.63) is 29.6 Å². The highest BCUT2D eigenvalue weighted by Gasteiger charge is 2.37. The number of halogens is 1. The summed E-state index contributed by atoms with van der Waals surface area (Å²) in [6, 6.07) is 3.93. The molecule has 0 aromatic heterocycles. The predicted octanol–water partition coefficient (Wildman–Crippen LogP) is 1.31. The van der Waals surface area contributed by atoms with Gasteiger partial charge in [-0.15, -0.1) is 0 Å². The summed E-state index contributed by atoms with van der Waals surface area (Å²) in [6.07, 6.45) is -0.0827. The molecular formula is C13H12FNO4. The summed E-state index contributed by atoms with van der Waals surface area (Å²) in [5, 5.41) is 0. The maximum absolute atomic E-state index is 13.7. The van der Waals surface area contributed by atoms with Crippen LogP contribution in [0.5, 0.6) is 0 Å². The lowest BCUT2D eigenvalue weighted by Crippen LogP contribution is -2.32. The largest absolute Gasteiger partial charge is 0.466 e. The molecule has 0 atom stereocenters. The van der Waals surface area contributed by atoms with Crippen LogP contribution in [0.2, 0.25) is 0 Å². The summed E-state index contributed by atoms with van der Waals surface area (Å²) in [7, 11) is 0. The number of para-hydroxylation sites is 1. The number of carbonyl (C=O) groups is 3. The van der Waals surface area contributed by atoms with Crippen LogP contribution >= 0.6 is 0 Å². The third-order valence-electron chi connectivity index (χ3n) is 2.79. The van der Waals surface area contributed by atoms with E-state index >= 15 is 0 Å². The van der Waals surface area contributed by atoms with Crippen molar-refractivity contribution in [2.75, 3.05) is 18.1 Å². The Kier molecular flexibility index (Phi) is 3.59. The number of ether oxygens (including phenoxy) is 1. The Morgan fingerprint density at radius 2 is 2.11 bits per heavy atom. The van der Waals surface area contributed by atoms with Gasteiger partial charge in [-0.25, -0.2) is 4.39 Å². The van der Waals surface area contributed by atoms with Crippen molar-refractivity contribution in [1.82, 2.24) is 0 Å². The number of hydrogen-bond donors (Lipinski definition) is 0. The monoisotopic (exact) mass is 265 g/mol. The lowest BCUT2D eigenvalue weighted by molar-refractivity contribution is -0.142. The van der Waals surface area contributed by atoms with E-state index in [2.05, 4.69) is 0 Å². The van der Waals surface area contributed by atoms with Gasteiger partial charge >= 0.3 is 5.97 Å². The smallest absolute Gasteiger partial charge is 0.307 e. The topological polar surface area (TPSA) is 63.7 Å². The lowest BCUT2D eigenvalue weighted by Gasteiger charge is -2.16. The molecule has 1 amide bonds. The number of anilines is 1. The number of nitrogens with zero attached hydrogens (tertiary/aromatic N) is 1.